The molecule has 2 amide bonds. The fraction of sp³-hybridized carbons (Fsp3) is 0.333. The summed E-state index contributed by atoms with van der Waals surface area (Å²) in [5.74, 6) is -1.33. The van der Waals surface area contributed by atoms with Crippen LogP contribution in [0.15, 0.2) is 18.2 Å². The highest BCUT2D eigenvalue weighted by Crippen LogP contribution is 2.21. The van der Waals surface area contributed by atoms with Gasteiger partial charge in [-0.3, -0.25) is 9.59 Å². The van der Waals surface area contributed by atoms with Crippen LogP contribution in [0.4, 0.5) is 0 Å². The van der Waals surface area contributed by atoms with E-state index in [1.807, 2.05) is 0 Å². The number of benzene rings is 1. The molecule has 0 saturated carbocycles. The van der Waals surface area contributed by atoms with Crippen molar-refractivity contribution in [2.75, 3.05) is 6.54 Å². The molecule has 1 rings (SSSR count). The van der Waals surface area contributed by atoms with E-state index in [1.165, 1.54) is 12.1 Å². The fourth-order valence-corrected chi connectivity index (χ4v) is 1.33. The maximum Gasteiger partial charge on any atom is 0.255 e. The zero-order chi connectivity index (χ0) is 13.7. The Bertz CT molecular complexity index is 457. The van der Waals surface area contributed by atoms with E-state index in [4.69, 9.17) is 0 Å². The number of phenols is 2. The molecule has 0 radical (unpaired) electrons. The summed E-state index contributed by atoms with van der Waals surface area (Å²) in [7, 11) is 0. The van der Waals surface area contributed by atoms with E-state index >= 15 is 0 Å². The SMILES string of the molecule is CC(C)NC(=O)CNC(=O)c1cc(O)ccc1O. The Balaban J connectivity index is 2.60. The molecule has 0 atom stereocenters. The number of hydrogen-bond acceptors (Lipinski definition) is 4. The van der Waals surface area contributed by atoms with Gasteiger partial charge in [0.15, 0.2) is 0 Å². The monoisotopic (exact) mass is 252 g/mol. The van der Waals surface area contributed by atoms with Crippen molar-refractivity contribution in [3.63, 3.8) is 0 Å². The number of carbonyl (C=O) groups excluding carboxylic acids is 2. The van der Waals surface area contributed by atoms with Crippen LogP contribution in [-0.2, 0) is 4.79 Å². The van der Waals surface area contributed by atoms with Gasteiger partial charge in [0.05, 0.1) is 12.1 Å². The summed E-state index contributed by atoms with van der Waals surface area (Å²) in [6, 6.07) is 3.59. The standard InChI is InChI=1S/C12H16N2O4/c1-7(2)14-11(17)6-13-12(18)9-5-8(15)3-4-10(9)16/h3-5,7,15-16H,6H2,1-2H3,(H,13,18)(H,14,17). The summed E-state index contributed by atoms with van der Waals surface area (Å²) in [5.41, 5.74) is -0.0765. The van der Waals surface area contributed by atoms with Crippen LogP contribution in [0.2, 0.25) is 0 Å². The molecular formula is C12H16N2O4. The topological polar surface area (TPSA) is 98.7 Å². The molecule has 6 nitrogen and oxygen atoms in total. The molecule has 1 aromatic rings. The molecule has 4 N–H and O–H groups in total. The highest BCUT2D eigenvalue weighted by molar-refractivity contribution is 5.99. The minimum atomic E-state index is -0.623. The van der Waals surface area contributed by atoms with Crippen molar-refractivity contribution in [1.29, 1.82) is 0 Å². The van der Waals surface area contributed by atoms with Gasteiger partial charge in [0, 0.05) is 6.04 Å². The molecular weight excluding hydrogens is 236 g/mol. The van der Waals surface area contributed by atoms with E-state index in [-0.39, 0.29) is 35.6 Å². The number of amides is 2. The lowest BCUT2D eigenvalue weighted by atomic mass is 10.2. The number of hydrogen-bond donors (Lipinski definition) is 4. The molecule has 0 bridgehead atoms. The van der Waals surface area contributed by atoms with Crippen molar-refractivity contribution in [2.45, 2.75) is 19.9 Å². The first kappa shape index (κ1) is 13.8. The normalized spacial score (nSPS) is 10.2. The summed E-state index contributed by atoms with van der Waals surface area (Å²) in [4.78, 5) is 22.9. The molecule has 0 heterocycles. The summed E-state index contributed by atoms with van der Waals surface area (Å²) < 4.78 is 0. The Labute approximate surface area is 105 Å². The van der Waals surface area contributed by atoms with E-state index in [9.17, 15) is 19.8 Å². The molecule has 0 spiro atoms. The van der Waals surface area contributed by atoms with Gasteiger partial charge in [-0.25, -0.2) is 0 Å². The van der Waals surface area contributed by atoms with Gasteiger partial charge in [0.1, 0.15) is 11.5 Å². The third-order valence-electron chi connectivity index (χ3n) is 2.08. The lowest BCUT2D eigenvalue weighted by Gasteiger charge is -2.10. The van der Waals surface area contributed by atoms with Gasteiger partial charge in [-0.15, -0.1) is 0 Å². The minimum absolute atomic E-state index is 0.0106. The van der Waals surface area contributed by atoms with Gasteiger partial charge in [-0.1, -0.05) is 0 Å². The van der Waals surface area contributed by atoms with Gasteiger partial charge in [-0.2, -0.15) is 0 Å². The summed E-state index contributed by atoms with van der Waals surface area (Å²) in [6.45, 7) is 3.42. The number of phenolic OH excluding ortho intramolecular Hbond substituents is 2. The predicted octanol–water partition coefficient (Wildman–Crippen LogP) is 0.352. The van der Waals surface area contributed by atoms with E-state index in [0.29, 0.717) is 0 Å². The number of aromatic hydroxyl groups is 2. The molecule has 0 aliphatic rings. The molecule has 0 aromatic heterocycles. The van der Waals surface area contributed by atoms with Crippen molar-refractivity contribution in [3.8, 4) is 11.5 Å². The van der Waals surface area contributed by atoms with Crippen LogP contribution in [-0.4, -0.2) is 34.6 Å². The van der Waals surface area contributed by atoms with Crippen molar-refractivity contribution < 1.29 is 19.8 Å². The van der Waals surface area contributed by atoms with Crippen molar-refractivity contribution in [3.05, 3.63) is 23.8 Å². The summed E-state index contributed by atoms with van der Waals surface area (Å²) in [5, 5.41) is 23.6. The second-order valence-corrected chi connectivity index (χ2v) is 4.11. The van der Waals surface area contributed by atoms with Crippen LogP contribution in [0.5, 0.6) is 11.5 Å². The number of carbonyl (C=O) groups is 2. The van der Waals surface area contributed by atoms with Crippen LogP contribution in [0.25, 0.3) is 0 Å². The second-order valence-electron chi connectivity index (χ2n) is 4.11. The van der Waals surface area contributed by atoms with Gasteiger partial charge >= 0.3 is 0 Å². The Morgan fingerprint density at radius 1 is 1.28 bits per heavy atom. The van der Waals surface area contributed by atoms with Gasteiger partial charge in [0.25, 0.3) is 5.91 Å². The maximum absolute atomic E-state index is 11.6. The van der Waals surface area contributed by atoms with Crippen LogP contribution in [0, 0.1) is 0 Å². The zero-order valence-corrected chi connectivity index (χ0v) is 10.2. The molecule has 1 aromatic carbocycles. The van der Waals surface area contributed by atoms with Gasteiger partial charge < -0.3 is 20.8 Å². The smallest absolute Gasteiger partial charge is 0.255 e. The van der Waals surface area contributed by atoms with E-state index in [2.05, 4.69) is 10.6 Å². The highest BCUT2D eigenvalue weighted by Gasteiger charge is 2.13. The van der Waals surface area contributed by atoms with Crippen LogP contribution in [0.1, 0.15) is 24.2 Å². The number of rotatable bonds is 4. The molecule has 0 saturated heterocycles. The average Bonchev–Trinajstić information content (AvgIpc) is 2.28. The van der Waals surface area contributed by atoms with Crippen molar-refractivity contribution in [2.24, 2.45) is 0 Å². The van der Waals surface area contributed by atoms with Crippen LogP contribution >= 0.6 is 0 Å². The lowest BCUT2D eigenvalue weighted by Crippen LogP contribution is -2.39. The third kappa shape index (κ3) is 3.97. The molecule has 0 unspecified atom stereocenters. The Kier molecular flexibility index (Phi) is 4.53. The Morgan fingerprint density at radius 2 is 1.94 bits per heavy atom. The van der Waals surface area contributed by atoms with E-state index in [0.717, 1.165) is 6.07 Å². The molecule has 0 aliphatic heterocycles. The quantitative estimate of drug-likeness (QED) is 0.581. The first-order chi connectivity index (χ1) is 8.40. The number of nitrogens with one attached hydrogen (secondary N) is 2. The van der Waals surface area contributed by atoms with E-state index in [1.54, 1.807) is 13.8 Å². The molecule has 98 valence electrons. The highest BCUT2D eigenvalue weighted by atomic mass is 16.3. The van der Waals surface area contributed by atoms with Gasteiger partial charge in [-0.05, 0) is 32.0 Å². The van der Waals surface area contributed by atoms with E-state index < -0.39 is 5.91 Å². The zero-order valence-electron chi connectivity index (χ0n) is 10.2. The minimum Gasteiger partial charge on any atom is -0.508 e. The maximum atomic E-state index is 11.6. The first-order valence-corrected chi connectivity index (χ1v) is 5.49. The largest absolute Gasteiger partial charge is 0.508 e. The Hall–Kier alpha value is -2.24. The first-order valence-electron chi connectivity index (χ1n) is 5.49. The second kappa shape index (κ2) is 5.90. The molecule has 0 fully saturated rings. The molecule has 6 heteroatoms. The van der Waals surface area contributed by atoms with Crippen molar-refractivity contribution >= 4 is 11.8 Å². The summed E-state index contributed by atoms with van der Waals surface area (Å²) >= 11 is 0. The molecule has 18 heavy (non-hydrogen) atoms. The lowest BCUT2D eigenvalue weighted by molar-refractivity contribution is -0.120. The van der Waals surface area contributed by atoms with Crippen molar-refractivity contribution in [1.82, 2.24) is 10.6 Å². The van der Waals surface area contributed by atoms with Crippen LogP contribution < -0.4 is 10.6 Å². The van der Waals surface area contributed by atoms with Crippen LogP contribution in [0.3, 0.4) is 0 Å². The molecule has 0 aliphatic carbocycles. The fourth-order valence-electron chi connectivity index (χ4n) is 1.33. The predicted molar refractivity (Wildman–Crippen MR) is 65.4 cm³/mol. The average molecular weight is 252 g/mol. The third-order valence-corrected chi connectivity index (χ3v) is 2.08. The Morgan fingerprint density at radius 3 is 2.56 bits per heavy atom. The summed E-state index contributed by atoms with van der Waals surface area (Å²) in [6.07, 6.45) is 0. The van der Waals surface area contributed by atoms with Gasteiger partial charge in [0.2, 0.25) is 5.91 Å².